The van der Waals surface area contributed by atoms with Gasteiger partial charge in [0.25, 0.3) is 0 Å². The maximum Gasteiger partial charge on any atom is 0.239 e. The number of hydrogen-bond acceptors (Lipinski definition) is 3. The van der Waals surface area contributed by atoms with Crippen LogP contribution in [0, 0.1) is 5.92 Å². The topological polar surface area (TPSA) is 66.6 Å². The SMILES string of the molecule is CCCCC(N)C(=O)N1CCC(C)C1CO. The van der Waals surface area contributed by atoms with Gasteiger partial charge in [0, 0.05) is 6.54 Å². The maximum absolute atomic E-state index is 12.1. The Morgan fingerprint density at radius 3 is 2.88 bits per heavy atom. The lowest BCUT2D eigenvalue weighted by Crippen LogP contribution is -2.48. The van der Waals surface area contributed by atoms with Crippen molar-refractivity contribution in [2.45, 2.75) is 51.6 Å². The van der Waals surface area contributed by atoms with Crippen LogP contribution < -0.4 is 5.73 Å². The lowest BCUT2D eigenvalue weighted by Gasteiger charge is -2.27. The van der Waals surface area contributed by atoms with Gasteiger partial charge in [0.1, 0.15) is 0 Å². The molecule has 0 saturated carbocycles. The fourth-order valence-corrected chi connectivity index (χ4v) is 2.32. The van der Waals surface area contributed by atoms with Crippen LogP contribution in [0.15, 0.2) is 0 Å². The minimum atomic E-state index is -0.390. The van der Waals surface area contributed by atoms with Gasteiger partial charge in [-0.3, -0.25) is 4.79 Å². The van der Waals surface area contributed by atoms with Gasteiger partial charge in [0.15, 0.2) is 0 Å². The Kier molecular flexibility index (Phi) is 5.22. The summed E-state index contributed by atoms with van der Waals surface area (Å²) in [4.78, 5) is 13.8. The number of carbonyl (C=O) groups is 1. The van der Waals surface area contributed by atoms with E-state index in [-0.39, 0.29) is 24.6 Å². The number of unbranched alkanes of at least 4 members (excludes halogenated alkanes) is 1. The van der Waals surface area contributed by atoms with Gasteiger partial charge in [-0.05, 0) is 18.8 Å². The molecule has 16 heavy (non-hydrogen) atoms. The first-order chi connectivity index (χ1) is 7.61. The molecule has 4 heteroatoms. The Labute approximate surface area is 97.8 Å². The summed E-state index contributed by atoms with van der Waals surface area (Å²) in [6.07, 6.45) is 3.76. The van der Waals surface area contributed by atoms with Crippen molar-refractivity contribution in [1.82, 2.24) is 4.90 Å². The zero-order chi connectivity index (χ0) is 12.1. The molecular weight excluding hydrogens is 204 g/mol. The minimum Gasteiger partial charge on any atom is -0.394 e. The quantitative estimate of drug-likeness (QED) is 0.729. The summed E-state index contributed by atoms with van der Waals surface area (Å²) in [5.41, 5.74) is 5.87. The van der Waals surface area contributed by atoms with Crippen molar-refractivity contribution in [1.29, 1.82) is 0 Å². The third-order valence-corrected chi connectivity index (χ3v) is 3.54. The number of amides is 1. The van der Waals surface area contributed by atoms with E-state index in [0.717, 1.165) is 32.2 Å². The van der Waals surface area contributed by atoms with E-state index in [4.69, 9.17) is 5.73 Å². The third-order valence-electron chi connectivity index (χ3n) is 3.54. The Balaban J connectivity index is 2.52. The standard InChI is InChI=1S/C12H24N2O2/c1-3-4-5-10(13)12(16)14-7-6-9(2)11(14)8-15/h9-11,15H,3-8,13H2,1-2H3. The van der Waals surface area contributed by atoms with Crippen LogP contribution in [-0.2, 0) is 4.79 Å². The van der Waals surface area contributed by atoms with Gasteiger partial charge >= 0.3 is 0 Å². The summed E-state index contributed by atoms with van der Waals surface area (Å²) in [5, 5.41) is 9.28. The molecule has 3 N–H and O–H groups in total. The lowest BCUT2D eigenvalue weighted by molar-refractivity contribution is -0.134. The molecule has 4 nitrogen and oxygen atoms in total. The van der Waals surface area contributed by atoms with E-state index in [0.29, 0.717) is 5.92 Å². The van der Waals surface area contributed by atoms with Crippen LogP contribution in [-0.4, -0.2) is 41.1 Å². The monoisotopic (exact) mass is 228 g/mol. The molecule has 1 aliphatic heterocycles. The first-order valence-corrected chi connectivity index (χ1v) is 6.28. The average molecular weight is 228 g/mol. The van der Waals surface area contributed by atoms with E-state index in [2.05, 4.69) is 13.8 Å². The Morgan fingerprint density at radius 2 is 2.31 bits per heavy atom. The normalized spacial score (nSPS) is 27.1. The number of nitrogens with two attached hydrogens (primary N) is 1. The first kappa shape index (κ1) is 13.5. The van der Waals surface area contributed by atoms with Crippen molar-refractivity contribution >= 4 is 5.91 Å². The van der Waals surface area contributed by atoms with E-state index in [1.807, 2.05) is 0 Å². The van der Waals surface area contributed by atoms with E-state index in [1.165, 1.54) is 0 Å². The summed E-state index contributed by atoms with van der Waals surface area (Å²) in [6, 6.07) is -0.417. The highest BCUT2D eigenvalue weighted by Crippen LogP contribution is 2.24. The summed E-state index contributed by atoms with van der Waals surface area (Å²) in [5.74, 6) is 0.393. The van der Waals surface area contributed by atoms with Crippen molar-refractivity contribution < 1.29 is 9.90 Å². The molecule has 0 aliphatic carbocycles. The molecule has 0 aromatic carbocycles. The molecule has 0 aromatic rings. The largest absolute Gasteiger partial charge is 0.394 e. The molecule has 3 atom stereocenters. The average Bonchev–Trinajstić information content (AvgIpc) is 2.66. The number of nitrogens with zero attached hydrogens (tertiary/aromatic N) is 1. The van der Waals surface area contributed by atoms with E-state index < -0.39 is 0 Å². The van der Waals surface area contributed by atoms with Crippen LogP contribution in [0.25, 0.3) is 0 Å². The van der Waals surface area contributed by atoms with Gasteiger partial charge < -0.3 is 15.7 Å². The second kappa shape index (κ2) is 6.21. The summed E-state index contributed by atoms with van der Waals surface area (Å²) >= 11 is 0. The number of likely N-dealkylation sites (tertiary alicyclic amines) is 1. The van der Waals surface area contributed by atoms with Crippen molar-refractivity contribution in [3.8, 4) is 0 Å². The molecule has 0 bridgehead atoms. The van der Waals surface area contributed by atoms with Crippen LogP contribution in [0.2, 0.25) is 0 Å². The maximum atomic E-state index is 12.1. The van der Waals surface area contributed by atoms with Crippen molar-refractivity contribution in [2.75, 3.05) is 13.2 Å². The third kappa shape index (κ3) is 2.95. The molecule has 1 rings (SSSR count). The molecule has 94 valence electrons. The first-order valence-electron chi connectivity index (χ1n) is 6.28. The molecule has 1 saturated heterocycles. The Hall–Kier alpha value is -0.610. The summed E-state index contributed by atoms with van der Waals surface area (Å²) in [6.45, 7) is 4.95. The summed E-state index contributed by atoms with van der Waals surface area (Å²) in [7, 11) is 0. The van der Waals surface area contributed by atoms with Crippen LogP contribution in [0.3, 0.4) is 0 Å². The van der Waals surface area contributed by atoms with Crippen LogP contribution in [0.5, 0.6) is 0 Å². The number of aliphatic hydroxyl groups is 1. The molecule has 1 heterocycles. The van der Waals surface area contributed by atoms with Crippen LogP contribution >= 0.6 is 0 Å². The highest BCUT2D eigenvalue weighted by Gasteiger charge is 2.35. The highest BCUT2D eigenvalue weighted by atomic mass is 16.3. The molecule has 0 spiro atoms. The molecule has 0 aromatic heterocycles. The van der Waals surface area contributed by atoms with E-state index in [9.17, 15) is 9.90 Å². The van der Waals surface area contributed by atoms with Crippen LogP contribution in [0.1, 0.15) is 39.5 Å². The Morgan fingerprint density at radius 1 is 1.62 bits per heavy atom. The van der Waals surface area contributed by atoms with Crippen molar-refractivity contribution in [3.05, 3.63) is 0 Å². The molecule has 3 unspecified atom stereocenters. The smallest absolute Gasteiger partial charge is 0.239 e. The fraction of sp³-hybridized carbons (Fsp3) is 0.917. The zero-order valence-corrected chi connectivity index (χ0v) is 10.4. The Bertz CT molecular complexity index is 233. The fourth-order valence-electron chi connectivity index (χ4n) is 2.32. The van der Waals surface area contributed by atoms with E-state index >= 15 is 0 Å². The van der Waals surface area contributed by atoms with Crippen molar-refractivity contribution in [3.63, 3.8) is 0 Å². The minimum absolute atomic E-state index is 0.0110. The summed E-state index contributed by atoms with van der Waals surface area (Å²) < 4.78 is 0. The van der Waals surface area contributed by atoms with Crippen molar-refractivity contribution in [2.24, 2.45) is 11.7 Å². The van der Waals surface area contributed by atoms with Gasteiger partial charge in [0.05, 0.1) is 18.7 Å². The molecule has 1 fully saturated rings. The molecule has 1 amide bonds. The lowest BCUT2D eigenvalue weighted by atomic mass is 10.0. The molecule has 0 radical (unpaired) electrons. The number of aliphatic hydroxyl groups excluding tert-OH is 1. The number of carbonyl (C=O) groups excluding carboxylic acids is 1. The van der Waals surface area contributed by atoms with Gasteiger partial charge in [0.2, 0.25) is 5.91 Å². The van der Waals surface area contributed by atoms with Gasteiger partial charge in [-0.15, -0.1) is 0 Å². The van der Waals surface area contributed by atoms with Gasteiger partial charge in [-0.1, -0.05) is 26.7 Å². The highest BCUT2D eigenvalue weighted by molar-refractivity contribution is 5.82. The van der Waals surface area contributed by atoms with Gasteiger partial charge in [-0.25, -0.2) is 0 Å². The predicted octanol–water partition coefficient (Wildman–Crippen LogP) is 0.733. The number of rotatable bonds is 5. The van der Waals surface area contributed by atoms with E-state index in [1.54, 1.807) is 4.90 Å². The predicted molar refractivity (Wildman–Crippen MR) is 63.9 cm³/mol. The number of hydrogen-bond donors (Lipinski definition) is 2. The van der Waals surface area contributed by atoms with Gasteiger partial charge in [-0.2, -0.15) is 0 Å². The second-order valence-electron chi connectivity index (χ2n) is 4.80. The molecule has 1 aliphatic rings. The zero-order valence-electron chi connectivity index (χ0n) is 10.4. The van der Waals surface area contributed by atoms with Crippen LogP contribution in [0.4, 0.5) is 0 Å². The molecular formula is C12H24N2O2. The second-order valence-corrected chi connectivity index (χ2v) is 4.80.